The fourth-order valence-electron chi connectivity index (χ4n) is 3.04. The van der Waals surface area contributed by atoms with Crippen molar-refractivity contribution in [1.82, 2.24) is 24.0 Å². The fourth-order valence-corrected chi connectivity index (χ4v) is 3.04. The van der Waals surface area contributed by atoms with Gasteiger partial charge in [-0.05, 0) is 25.9 Å². The first-order valence-electron chi connectivity index (χ1n) is 7.54. The number of nitrogens with zero attached hydrogens (tertiary/aromatic N) is 4. The second-order valence-corrected chi connectivity index (χ2v) is 6.04. The normalized spacial score (nSPS) is 17.0. The summed E-state index contributed by atoms with van der Waals surface area (Å²) in [5.41, 5.74) is 5.24. The molecule has 3 heterocycles. The van der Waals surface area contributed by atoms with Crippen molar-refractivity contribution >= 4 is 17.1 Å². The number of nitrogens with two attached hydrogens (primary N) is 1. The predicted octanol–water partition coefficient (Wildman–Crippen LogP) is -1.34. The van der Waals surface area contributed by atoms with E-state index in [1.807, 2.05) is 0 Å². The Morgan fingerprint density at radius 2 is 1.91 bits per heavy atom. The van der Waals surface area contributed by atoms with Gasteiger partial charge in [0.1, 0.15) is 11.3 Å². The highest BCUT2D eigenvalue weighted by atomic mass is 16.2. The van der Waals surface area contributed by atoms with E-state index in [4.69, 9.17) is 5.73 Å². The van der Waals surface area contributed by atoms with Crippen molar-refractivity contribution in [2.24, 2.45) is 25.7 Å². The summed E-state index contributed by atoms with van der Waals surface area (Å²) in [7, 11) is 3.03. The van der Waals surface area contributed by atoms with E-state index in [0.29, 0.717) is 23.5 Å². The molecular weight excluding hydrogens is 300 g/mol. The summed E-state index contributed by atoms with van der Waals surface area (Å²) in [6.07, 6.45) is 1.46. The molecule has 2 aromatic rings. The van der Waals surface area contributed by atoms with E-state index >= 15 is 0 Å². The lowest BCUT2D eigenvalue weighted by atomic mass is 9.96. The van der Waals surface area contributed by atoms with E-state index < -0.39 is 5.69 Å². The Hall–Kier alpha value is -2.42. The summed E-state index contributed by atoms with van der Waals surface area (Å²) in [6, 6.07) is 0. The van der Waals surface area contributed by atoms with Gasteiger partial charge in [-0.1, -0.05) is 0 Å². The highest BCUT2D eigenvalue weighted by Crippen LogP contribution is 2.18. The fraction of sp³-hybridized carbons (Fsp3) is 0.571. The number of rotatable bonds is 3. The van der Waals surface area contributed by atoms with Gasteiger partial charge in [-0.3, -0.25) is 23.6 Å². The highest BCUT2D eigenvalue weighted by Gasteiger charge is 2.24. The number of imidazole rings is 1. The number of amides is 1. The number of aromatic amines is 1. The van der Waals surface area contributed by atoms with Gasteiger partial charge in [0, 0.05) is 20.0 Å². The minimum Gasteiger partial charge on any atom is -0.369 e. The number of likely N-dealkylation sites (tertiary alicyclic amines) is 1. The topological polar surface area (TPSA) is 119 Å². The number of hydrogen-bond acceptors (Lipinski definition) is 5. The molecule has 0 atom stereocenters. The molecule has 1 saturated heterocycles. The molecule has 0 bridgehead atoms. The molecule has 124 valence electrons. The first-order chi connectivity index (χ1) is 10.9. The molecule has 0 spiro atoms. The van der Waals surface area contributed by atoms with Crippen LogP contribution in [0.5, 0.6) is 0 Å². The second-order valence-electron chi connectivity index (χ2n) is 6.04. The number of aromatic nitrogens is 4. The molecule has 0 unspecified atom stereocenters. The minimum atomic E-state index is -0.400. The van der Waals surface area contributed by atoms with Gasteiger partial charge >= 0.3 is 5.69 Å². The van der Waals surface area contributed by atoms with E-state index in [1.165, 1.54) is 11.6 Å². The number of piperidine rings is 1. The van der Waals surface area contributed by atoms with Crippen LogP contribution in [0, 0.1) is 5.92 Å². The summed E-state index contributed by atoms with van der Waals surface area (Å²) in [5.74, 6) is 0.331. The van der Waals surface area contributed by atoms with Crippen LogP contribution in [0.2, 0.25) is 0 Å². The van der Waals surface area contributed by atoms with Crippen LogP contribution in [-0.2, 0) is 25.4 Å². The van der Waals surface area contributed by atoms with Crippen molar-refractivity contribution in [1.29, 1.82) is 0 Å². The molecule has 1 aliphatic rings. The molecule has 9 heteroatoms. The Bertz CT molecular complexity index is 869. The maximum Gasteiger partial charge on any atom is 0.332 e. The number of H-pyrrole nitrogens is 1. The quantitative estimate of drug-likeness (QED) is 0.725. The standard InChI is InChI=1S/C14H20N6O3/c1-18-12-10(13(22)19(2)14(18)23)16-9(17-12)7-20-5-3-8(4-6-20)11(15)21/h8H,3-7H2,1-2H3,(H2,15,21)(H,16,17). The van der Waals surface area contributed by atoms with Crippen LogP contribution in [0.25, 0.3) is 11.2 Å². The smallest absolute Gasteiger partial charge is 0.332 e. The van der Waals surface area contributed by atoms with Crippen molar-refractivity contribution < 1.29 is 4.79 Å². The number of fused-ring (bicyclic) bond motifs is 1. The zero-order chi connectivity index (χ0) is 16.7. The van der Waals surface area contributed by atoms with Crippen molar-refractivity contribution in [3.05, 3.63) is 26.7 Å². The summed E-state index contributed by atoms with van der Waals surface area (Å²) >= 11 is 0. The van der Waals surface area contributed by atoms with Gasteiger partial charge in [0.25, 0.3) is 5.56 Å². The highest BCUT2D eigenvalue weighted by molar-refractivity contribution is 5.76. The number of primary amides is 1. The number of hydrogen-bond donors (Lipinski definition) is 2. The first kappa shape index (κ1) is 15.5. The van der Waals surface area contributed by atoms with Crippen LogP contribution >= 0.6 is 0 Å². The molecule has 2 aromatic heterocycles. The maximum absolute atomic E-state index is 12.1. The van der Waals surface area contributed by atoms with E-state index in [0.717, 1.165) is 30.5 Å². The average molecular weight is 320 g/mol. The molecule has 9 nitrogen and oxygen atoms in total. The zero-order valence-electron chi connectivity index (χ0n) is 13.2. The Morgan fingerprint density at radius 3 is 2.52 bits per heavy atom. The molecule has 1 fully saturated rings. The van der Waals surface area contributed by atoms with E-state index in [-0.39, 0.29) is 17.4 Å². The SMILES string of the molecule is Cn1c(=O)c2[nH]c(CN3CCC(C(N)=O)CC3)nc2n(C)c1=O. The van der Waals surface area contributed by atoms with Crippen molar-refractivity contribution in [3.8, 4) is 0 Å². The van der Waals surface area contributed by atoms with Gasteiger partial charge in [-0.25, -0.2) is 9.78 Å². The van der Waals surface area contributed by atoms with Crippen LogP contribution in [-0.4, -0.2) is 43.0 Å². The van der Waals surface area contributed by atoms with Gasteiger partial charge in [0.15, 0.2) is 5.65 Å². The van der Waals surface area contributed by atoms with Gasteiger partial charge in [0.2, 0.25) is 5.91 Å². The lowest BCUT2D eigenvalue weighted by molar-refractivity contribution is -0.123. The Morgan fingerprint density at radius 1 is 1.26 bits per heavy atom. The lowest BCUT2D eigenvalue weighted by Crippen LogP contribution is -2.38. The Balaban J connectivity index is 1.84. The van der Waals surface area contributed by atoms with Crippen molar-refractivity contribution in [2.75, 3.05) is 13.1 Å². The predicted molar refractivity (Wildman–Crippen MR) is 83.8 cm³/mol. The molecule has 1 amide bonds. The molecule has 3 rings (SSSR count). The number of carbonyl (C=O) groups is 1. The molecule has 0 aromatic carbocycles. The van der Waals surface area contributed by atoms with E-state index in [2.05, 4.69) is 14.9 Å². The lowest BCUT2D eigenvalue weighted by Gasteiger charge is -2.29. The van der Waals surface area contributed by atoms with E-state index in [1.54, 1.807) is 7.05 Å². The second kappa shape index (κ2) is 5.65. The molecule has 23 heavy (non-hydrogen) atoms. The summed E-state index contributed by atoms with van der Waals surface area (Å²) in [6.45, 7) is 2.04. The third-order valence-electron chi connectivity index (χ3n) is 4.51. The summed E-state index contributed by atoms with van der Waals surface area (Å²) in [4.78, 5) is 44.8. The molecule has 1 aliphatic heterocycles. The van der Waals surface area contributed by atoms with Crippen molar-refractivity contribution in [3.63, 3.8) is 0 Å². The van der Waals surface area contributed by atoms with Crippen LogP contribution in [0.4, 0.5) is 0 Å². The third kappa shape index (κ3) is 2.67. The maximum atomic E-state index is 12.1. The molecular formula is C14H20N6O3. The zero-order valence-corrected chi connectivity index (χ0v) is 13.2. The minimum absolute atomic E-state index is 0.0601. The Labute approximate surface area is 131 Å². The van der Waals surface area contributed by atoms with E-state index in [9.17, 15) is 14.4 Å². The van der Waals surface area contributed by atoms with Crippen LogP contribution in [0.15, 0.2) is 9.59 Å². The van der Waals surface area contributed by atoms with Gasteiger partial charge in [-0.2, -0.15) is 0 Å². The van der Waals surface area contributed by atoms with Gasteiger partial charge < -0.3 is 10.7 Å². The van der Waals surface area contributed by atoms with Crippen LogP contribution in [0.1, 0.15) is 18.7 Å². The largest absolute Gasteiger partial charge is 0.369 e. The molecule has 0 aliphatic carbocycles. The average Bonchev–Trinajstić information content (AvgIpc) is 2.95. The van der Waals surface area contributed by atoms with Gasteiger partial charge in [0.05, 0.1) is 6.54 Å². The molecule has 0 radical (unpaired) electrons. The van der Waals surface area contributed by atoms with Crippen LogP contribution in [0.3, 0.4) is 0 Å². The third-order valence-corrected chi connectivity index (χ3v) is 4.51. The molecule has 0 saturated carbocycles. The summed E-state index contributed by atoms with van der Waals surface area (Å²) in [5, 5.41) is 0. The van der Waals surface area contributed by atoms with Crippen molar-refractivity contribution in [2.45, 2.75) is 19.4 Å². The molecule has 3 N–H and O–H groups in total. The first-order valence-corrected chi connectivity index (χ1v) is 7.54. The number of aryl methyl sites for hydroxylation is 1. The van der Waals surface area contributed by atoms with Crippen LogP contribution < -0.4 is 17.0 Å². The monoisotopic (exact) mass is 320 g/mol. The van der Waals surface area contributed by atoms with Gasteiger partial charge in [-0.15, -0.1) is 0 Å². The number of carbonyl (C=O) groups excluding carboxylic acids is 1. The summed E-state index contributed by atoms with van der Waals surface area (Å²) < 4.78 is 2.42. The Kier molecular flexibility index (Phi) is 3.80. The number of nitrogens with one attached hydrogen (secondary N) is 1.